The monoisotopic (exact) mass is 414 g/mol. The van der Waals surface area contributed by atoms with E-state index in [-0.39, 0.29) is 17.9 Å². The van der Waals surface area contributed by atoms with Crippen molar-refractivity contribution in [1.82, 2.24) is 4.90 Å². The Labute approximate surface area is 177 Å². The molecule has 2 saturated heterocycles. The van der Waals surface area contributed by atoms with Crippen LogP contribution in [0.5, 0.6) is 5.75 Å². The van der Waals surface area contributed by atoms with Crippen LogP contribution >= 0.6 is 0 Å². The first-order valence-electron chi connectivity index (χ1n) is 10.5. The zero-order valence-electron chi connectivity index (χ0n) is 18.1. The average molecular weight is 415 g/mol. The fraction of sp³-hybridized carbons (Fsp3) is 0.565. The lowest BCUT2D eigenvalue weighted by Gasteiger charge is -2.50. The van der Waals surface area contributed by atoms with Crippen molar-refractivity contribution in [3.63, 3.8) is 0 Å². The van der Waals surface area contributed by atoms with Crippen LogP contribution in [0.2, 0.25) is 0 Å². The summed E-state index contributed by atoms with van der Waals surface area (Å²) in [4.78, 5) is 19.8. The van der Waals surface area contributed by atoms with E-state index in [1.807, 2.05) is 18.2 Å². The van der Waals surface area contributed by atoms with E-state index in [9.17, 15) is 9.90 Å². The minimum Gasteiger partial charge on any atom is -0.504 e. The summed E-state index contributed by atoms with van der Waals surface area (Å²) in [6.07, 6.45) is 3.71. The summed E-state index contributed by atoms with van der Waals surface area (Å²) in [5, 5.41) is 11.8. The molecule has 4 atom stereocenters. The Kier molecular flexibility index (Phi) is 5.59. The van der Waals surface area contributed by atoms with Crippen molar-refractivity contribution < 1.29 is 24.1 Å². The van der Waals surface area contributed by atoms with Crippen LogP contribution in [0.25, 0.3) is 0 Å². The lowest BCUT2D eigenvalue weighted by atomic mass is 9.70. The maximum absolute atomic E-state index is 12.5. The van der Waals surface area contributed by atoms with Gasteiger partial charge in [0.05, 0.1) is 56.2 Å². The number of nitrogens with zero attached hydrogens (tertiary/aromatic N) is 2. The van der Waals surface area contributed by atoms with Gasteiger partial charge in [0.15, 0.2) is 0 Å². The summed E-state index contributed by atoms with van der Waals surface area (Å²) < 4.78 is 15.8. The number of fused-ring (bicyclic) bond motifs is 5. The molecule has 0 spiro atoms. The summed E-state index contributed by atoms with van der Waals surface area (Å²) in [6.45, 7) is 3.75. The Morgan fingerprint density at radius 3 is 2.83 bits per heavy atom. The fourth-order valence-electron chi connectivity index (χ4n) is 5.45. The molecule has 3 aliphatic rings. The smallest absolute Gasteiger partial charge is 0.337 e. The van der Waals surface area contributed by atoms with Crippen LogP contribution in [0, 0.1) is 11.8 Å². The molecule has 7 nitrogen and oxygen atoms in total. The highest BCUT2D eigenvalue weighted by Crippen LogP contribution is 2.51. The van der Waals surface area contributed by atoms with Crippen molar-refractivity contribution in [2.75, 3.05) is 34.4 Å². The van der Waals surface area contributed by atoms with Crippen LogP contribution < -0.4 is 4.74 Å². The Morgan fingerprint density at radius 2 is 2.17 bits per heavy atom. The fourth-order valence-corrected chi connectivity index (χ4v) is 5.45. The summed E-state index contributed by atoms with van der Waals surface area (Å²) in [6, 6.07) is 5.63. The third-order valence-corrected chi connectivity index (χ3v) is 6.92. The normalized spacial score (nSPS) is 30.6. The highest BCUT2D eigenvalue weighted by Gasteiger charge is 2.54. The van der Waals surface area contributed by atoms with E-state index in [1.165, 1.54) is 13.4 Å². The molecule has 2 fully saturated rings. The number of hydrogen-bond donors (Lipinski definition) is 1. The minimum absolute atomic E-state index is 0.0284. The molecule has 0 saturated carbocycles. The number of esters is 1. The molecule has 0 unspecified atom stereocenters. The number of carbonyl (C=O) groups is 1. The molecule has 0 amide bonds. The van der Waals surface area contributed by atoms with Crippen LogP contribution in [-0.4, -0.2) is 62.1 Å². The first-order chi connectivity index (χ1) is 14.5. The van der Waals surface area contributed by atoms with E-state index < -0.39 is 5.60 Å². The third-order valence-electron chi connectivity index (χ3n) is 6.92. The van der Waals surface area contributed by atoms with Crippen molar-refractivity contribution in [1.29, 1.82) is 0 Å². The van der Waals surface area contributed by atoms with Crippen molar-refractivity contribution >= 4 is 17.4 Å². The van der Waals surface area contributed by atoms with Crippen molar-refractivity contribution in [3.8, 4) is 5.75 Å². The number of ether oxygens (including phenoxy) is 3. The van der Waals surface area contributed by atoms with Gasteiger partial charge in [-0.3, -0.25) is 9.89 Å². The first kappa shape index (κ1) is 20.9. The zero-order chi connectivity index (χ0) is 21.5. The van der Waals surface area contributed by atoms with E-state index >= 15 is 0 Å². The molecular formula is C23H30N2O5. The second-order valence-corrected chi connectivity index (χ2v) is 8.28. The Hall–Kier alpha value is -2.38. The average Bonchev–Trinajstić information content (AvgIpc) is 3.09. The number of benzene rings is 1. The predicted molar refractivity (Wildman–Crippen MR) is 113 cm³/mol. The Balaban J connectivity index is 1.72. The number of carbonyl (C=O) groups excluding carboxylic acids is 1. The summed E-state index contributed by atoms with van der Waals surface area (Å²) in [7, 11) is 4.56. The maximum Gasteiger partial charge on any atom is 0.337 e. The predicted octanol–water partition coefficient (Wildman–Crippen LogP) is 2.79. The van der Waals surface area contributed by atoms with Gasteiger partial charge in [0.2, 0.25) is 0 Å². The third kappa shape index (κ3) is 3.11. The number of methoxy groups -OCH3 is 3. The van der Waals surface area contributed by atoms with E-state index in [4.69, 9.17) is 19.2 Å². The highest BCUT2D eigenvalue weighted by atomic mass is 16.5. The number of aliphatic imine (C=N–C) groups is 1. The second kappa shape index (κ2) is 8.04. The molecule has 1 aromatic rings. The minimum atomic E-state index is -1.14. The molecule has 0 aliphatic carbocycles. The largest absolute Gasteiger partial charge is 0.504 e. The maximum atomic E-state index is 12.5. The molecule has 30 heavy (non-hydrogen) atoms. The van der Waals surface area contributed by atoms with Crippen LogP contribution in [0.4, 0.5) is 5.69 Å². The van der Waals surface area contributed by atoms with Gasteiger partial charge in [-0.2, -0.15) is 0 Å². The van der Waals surface area contributed by atoms with Crippen LogP contribution in [0.15, 0.2) is 35.0 Å². The summed E-state index contributed by atoms with van der Waals surface area (Å²) in [5.41, 5.74) is 1.70. The molecule has 4 rings (SSSR count). The van der Waals surface area contributed by atoms with Gasteiger partial charge < -0.3 is 19.3 Å². The van der Waals surface area contributed by atoms with Crippen molar-refractivity contribution in [2.24, 2.45) is 16.8 Å². The Morgan fingerprint density at radius 1 is 1.37 bits per heavy atom. The van der Waals surface area contributed by atoms with Gasteiger partial charge in [-0.25, -0.2) is 4.79 Å². The molecule has 0 bridgehead atoms. The standard InChI is InChI=1S/C23H30N2O5/c1-5-14-12-25-10-9-23(27)20-17(7-6-8-19(20)29-3)24-21(23)18(25)11-15(14)16(13-28-2)22(26)30-4/h6-8,13-15,18,27H,5,9-12H2,1-4H3/b16-13+/t14-,15+,18+,23-/m1/s1. The molecule has 162 valence electrons. The lowest BCUT2D eigenvalue weighted by molar-refractivity contribution is -0.137. The van der Waals surface area contributed by atoms with E-state index in [1.54, 1.807) is 14.2 Å². The van der Waals surface area contributed by atoms with Gasteiger partial charge in [-0.15, -0.1) is 0 Å². The topological polar surface area (TPSA) is 80.6 Å². The molecule has 3 heterocycles. The van der Waals surface area contributed by atoms with Gasteiger partial charge in [0.25, 0.3) is 0 Å². The van der Waals surface area contributed by atoms with Gasteiger partial charge >= 0.3 is 5.97 Å². The second-order valence-electron chi connectivity index (χ2n) is 8.28. The summed E-state index contributed by atoms with van der Waals surface area (Å²) in [5.74, 6) is 0.569. The van der Waals surface area contributed by atoms with Crippen molar-refractivity contribution in [3.05, 3.63) is 35.6 Å². The van der Waals surface area contributed by atoms with Gasteiger partial charge in [0, 0.05) is 13.1 Å². The molecular weight excluding hydrogens is 384 g/mol. The van der Waals surface area contributed by atoms with E-state index in [0.29, 0.717) is 30.1 Å². The van der Waals surface area contributed by atoms with Gasteiger partial charge in [-0.1, -0.05) is 19.4 Å². The number of rotatable bonds is 5. The van der Waals surface area contributed by atoms with Crippen molar-refractivity contribution in [2.45, 2.75) is 37.8 Å². The van der Waals surface area contributed by atoms with Crippen LogP contribution in [0.1, 0.15) is 31.7 Å². The number of aliphatic hydroxyl groups is 1. The highest BCUT2D eigenvalue weighted by molar-refractivity contribution is 6.05. The van der Waals surface area contributed by atoms with Gasteiger partial charge in [0.1, 0.15) is 11.4 Å². The quantitative estimate of drug-likeness (QED) is 0.453. The van der Waals surface area contributed by atoms with Crippen LogP contribution in [-0.2, 0) is 19.9 Å². The number of hydrogen-bond acceptors (Lipinski definition) is 7. The van der Waals surface area contributed by atoms with E-state index in [2.05, 4.69) is 11.8 Å². The first-order valence-corrected chi connectivity index (χ1v) is 10.5. The Bertz CT molecular complexity index is 896. The number of piperidine rings is 2. The SMILES string of the molecule is CC[C@@H]1CN2CC[C@]3(O)C(=Nc4cccc(OC)c43)[C@@H]2C[C@@H]1/C(=C\OC)C(=O)OC. The molecule has 0 radical (unpaired) electrons. The molecule has 0 aromatic heterocycles. The molecule has 1 aromatic carbocycles. The molecule has 7 heteroatoms. The van der Waals surface area contributed by atoms with Gasteiger partial charge in [-0.05, 0) is 36.8 Å². The zero-order valence-corrected chi connectivity index (χ0v) is 18.1. The van der Waals surface area contributed by atoms with Crippen LogP contribution in [0.3, 0.4) is 0 Å². The molecule has 3 aliphatic heterocycles. The molecule has 1 N–H and O–H groups in total. The summed E-state index contributed by atoms with van der Waals surface area (Å²) >= 11 is 0. The lowest BCUT2D eigenvalue weighted by Crippen LogP contribution is -2.60. The van der Waals surface area contributed by atoms with E-state index in [0.717, 1.165) is 36.5 Å².